The van der Waals surface area contributed by atoms with Gasteiger partial charge in [-0.25, -0.2) is 9.67 Å². The highest BCUT2D eigenvalue weighted by atomic mass is 16.1. The topological polar surface area (TPSA) is 59.8 Å². The summed E-state index contributed by atoms with van der Waals surface area (Å²) in [7, 11) is 0. The molecule has 2 aliphatic carbocycles. The predicted octanol–water partition coefficient (Wildman–Crippen LogP) is 3.88. The van der Waals surface area contributed by atoms with Gasteiger partial charge >= 0.3 is 0 Å². The van der Waals surface area contributed by atoms with Crippen LogP contribution in [0.5, 0.6) is 0 Å². The fraction of sp³-hybridized carbons (Fsp3) is 0.650. The first-order valence-corrected chi connectivity index (χ1v) is 9.59. The molecule has 5 heteroatoms. The summed E-state index contributed by atoms with van der Waals surface area (Å²) in [6.45, 7) is 8.25. The highest BCUT2D eigenvalue weighted by Crippen LogP contribution is 2.49. The largest absolute Gasteiger partial charge is 0.349 e. The van der Waals surface area contributed by atoms with Crippen molar-refractivity contribution in [1.29, 1.82) is 0 Å². The number of hydrogen-bond acceptors (Lipinski definition) is 3. The highest BCUT2D eigenvalue weighted by molar-refractivity contribution is 5.98. The lowest BCUT2D eigenvalue weighted by Gasteiger charge is -2.28. The van der Waals surface area contributed by atoms with Gasteiger partial charge in [0.15, 0.2) is 5.65 Å². The molecule has 2 aliphatic rings. The molecule has 134 valence electrons. The SMILES string of the molecule is Cc1nc2c(cnn2C(C)C)cc1C(=O)NC(C)C1CC2CCC1C2. The van der Waals surface area contributed by atoms with Crippen molar-refractivity contribution in [2.45, 2.75) is 65.5 Å². The van der Waals surface area contributed by atoms with E-state index in [1.807, 2.05) is 17.7 Å². The Hall–Kier alpha value is -1.91. The van der Waals surface area contributed by atoms with Gasteiger partial charge in [-0.15, -0.1) is 0 Å². The molecular weight excluding hydrogens is 312 g/mol. The molecule has 2 heterocycles. The van der Waals surface area contributed by atoms with Gasteiger partial charge in [-0.05, 0) is 70.8 Å². The molecule has 2 aromatic rings. The number of aryl methyl sites for hydroxylation is 1. The molecule has 4 atom stereocenters. The van der Waals surface area contributed by atoms with E-state index in [9.17, 15) is 4.79 Å². The van der Waals surface area contributed by atoms with Gasteiger partial charge in [0.25, 0.3) is 5.91 Å². The summed E-state index contributed by atoms with van der Waals surface area (Å²) < 4.78 is 1.90. The second-order valence-electron chi connectivity index (χ2n) is 8.32. The summed E-state index contributed by atoms with van der Waals surface area (Å²) in [4.78, 5) is 17.5. The van der Waals surface area contributed by atoms with Crippen LogP contribution in [0.3, 0.4) is 0 Å². The first-order valence-electron chi connectivity index (χ1n) is 9.59. The number of hydrogen-bond donors (Lipinski definition) is 1. The summed E-state index contributed by atoms with van der Waals surface area (Å²) in [6.07, 6.45) is 7.19. The first-order chi connectivity index (χ1) is 11.9. The number of nitrogens with zero attached hydrogens (tertiary/aromatic N) is 3. The zero-order valence-electron chi connectivity index (χ0n) is 15.6. The van der Waals surface area contributed by atoms with Crippen LogP contribution in [0, 0.1) is 24.7 Å². The lowest BCUT2D eigenvalue weighted by molar-refractivity contribution is 0.0914. The van der Waals surface area contributed by atoms with Crippen molar-refractivity contribution in [3.63, 3.8) is 0 Å². The van der Waals surface area contributed by atoms with Crippen molar-refractivity contribution in [2.24, 2.45) is 17.8 Å². The minimum Gasteiger partial charge on any atom is -0.349 e. The van der Waals surface area contributed by atoms with E-state index >= 15 is 0 Å². The van der Waals surface area contributed by atoms with Crippen molar-refractivity contribution in [2.75, 3.05) is 0 Å². The van der Waals surface area contributed by atoms with Gasteiger partial charge in [-0.1, -0.05) is 6.42 Å². The van der Waals surface area contributed by atoms with Crippen LogP contribution >= 0.6 is 0 Å². The predicted molar refractivity (Wildman–Crippen MR) is 98.5 cm³/mol. The first kappa shape index (κ1) is 16.6. The van der Waals surface area contributed by atoms with Crippen LogP contribution < -0.4 is 5.32 Å². The molecule has 4 unspecified atom stereocenters. The van der Waals surface area contributed by atoms with Crippen molar-refractivity contribution in [3.05, 3.63) is 23.5 Å². The molecule has 0 aromatic carbocycles. The third kappa shape index (κ3) is 2.83. The molecule has 2 bridgehead atoms. The average Bonchev–Trinajstić information content (AvgIpc) is 3.28. The maximum atomic E-state index is 12.8. The van der Waals surface area contributed by atoms with Crippen molar-refractivity contribution >= 4 is 16.9 Å². The van der Waals surface area contributed by atoms with Crippen LogP contribution in [0.2, 0.25) is 0 Å². The number of pyridine rings is 1. The number of amides is 1. The second-order valence-corrected chi connectivity index (χ2v) is 8.32. The minimum absolute atomic E-state index is 0.000490. The zero-order chi connectivity index (χ0) is 17.7. The van der Waals surface area contributed by atoms with E-state index in [2.05, 4.69) is 36.2 Å². The Morgan fingerprint density at radius 2 is 2.08 bits per heavy atom. The van der Waals surface area contributed by atoms with Gasteiger partial charge in [-0.2, -0.15) is 5.10 Å². The van der Waals surface area contributed by atoms with Crippen LogP contribution in [-0.4, -0.2) is 26.7 Å². The fourth-order valence-corrected chi connectivity index (χ4v) is 4.97. The number of nitrogens with one attached hydrogen (secondary N) is 1. The normalized spacial score (nSPS) is 26.5. The van der Waals surface area contributed by atoms with E-state index in [1.54, 1.807) is 6.20 Å². The molecule has 25 heavy (non-hydrogen) atoms. The van der Waals surface area contributed by atoms with E-state index in [0.29, 0.717) is 11.5 Å². The summed E-state index contributed by atoms with van der Waals surface area (Å²) in [5.74, 6) is 2.35. The van der Waals surface area contributed by atoms with E-state index in [0.717, 1.165) is 28.6 Å². The third-order valence-electron chi connectivity index (χ3n) is 6.29. The lowest BCUT2D eigenvalue weighted by Crippen LogP contribution is -2.40. The quantitative estimate of drug-likeness (QED) is 0.919. The van der Waals surface area contributed by atoms with Crippen molar-refractivity contribution in [1.82, 2.24) is 20.1 Å². The summed E-state index contributed by atoms with van der Waals surface area (Å²) >= 11 is 0. The standard InChI is InChI=1S/C20H28N4O/c1-11(2)24-19-16(10-21-24)9-18(13(4)22-19)20(25)23-12(3)17-8-14-5-6-15(17)7-14/h9-12,14-15,17H,5-8H2,1-4H3,(H,23,25). The Kier molecular flexibility index (Phi) is 4.05. The number of carbonyl (C=O) groups is 1. The molecule has 4 rings (SSSR count). The van der Waals surface area contributed by atoms with Gasteiger partial charge in [0, 0.05) is 17.5 Å². The van der Waals surface area contributed by atoms with Gasteiger partial charge in [0.2, 0.25) is 0 Å². The Bertz CT molecular complexity index is 809. The smallest absolute Gasteiger partial charge is 0.253 e. The van der Waals surface area contributed by atoms with Gasteiger partial charge in [0.1, 0.15) is 0 Å². The minimum atomic E-state index is -0.000490. The van der Waals surface area contributed by atoms with Crippen LogP contribution in [-0.2, 0) is 0 Å². The molecular formula is C20H28N4O. The molecule has 0 radical (unpaired) electrons. The third-order valence-corrected chi connectivity index (χ3v) is 6.29. The molecule has 2 fully saturated rings. The molecule has 2 aromatic heterocycles. The maximum absolute atomic E-state index is 12.8. The van der Waals surface area contributed by atoms with Gasteiger partial charge in [0.05, 0.1) is 17.5 Å². The summed E-state index contributed by atoms with van der Waals surface area (Å²) in [5, 5.41) is 8.59. The molecule has 0 spiro atoms. The summed E-state index contributed by atoms with van der Waals surface area (Å²) in [6, 6.07) is 2.42. The van der Waals surface area contributed by atoms with Crippen LogP contribution in [0.1, 0.15) is 68.5 Å². The molecule has 2 saturated carbocycles. The van der Waals surface area contributed by atoms with Gasteiger partial charge < -0.3 is 5.32 Å². The fourth-order valence-electron chi connectivity index (χ4n) is 4.97. The zero-order valence-corrected chi connectivity index (χ0v) is 15.6. The van der Waals surface area contributed by atoms with E-state index < -0.39 is 0 Å². The van der Waals surface area contributed by atoms with Gasteiger partial charge in [-0.3, -0.25) is 4.79 Å². The second kappa shape index (κ2) is 6.11. The van der Waals surface area contributed by atoms with Crippen molar-refractivity contribution in [3.8, 4) is 0 Å². The average molecular weight is 340 g/mol. The Morgan fingerprint density at radius 3 is 2.72 bits per heavy atom. The molecule has 5 nitrogen and oxygen atoms in total. The Balaban J connectivity index is 1.54. The number of rotatable bonds is 4. The Morgan fingerprint density at radius 1 is 1.28 bits per heavy atom. The molecule has 0 saturated heterocycles. The summed E-state index contributed by atoms with van der Waals surface area (Å²) in [5.41, 5.74) is 2.29. The number of fused-ring (bicyclic) bond motifs is 3. The lowest BCUT2D eigenvalue weighted by atomic mass is 9.84. The van der Waals surface area contributed by atoms with Crippen LogP contribution in [0.4, 0.5) is 0 Å². The molecule has 1 amide bonds. The Labute approximate surface area is 149 Å². The molecule has 1 N–H and O–H groups in total. The number of carbonyl (C=O) groups excluding carboxylic acids is 1. The monoisotopic (exact) mass is 340 g/mol. The maximum Gasteiger partial charge on any atom is 0.253 e. The van der Waals surface area contributed by atoms with Crippen LogP contribution in [0.15, 0.2) is 12.3 Å². The highest BCUT2D eigenvalue weighted by Gasteiger charge is 2.42. The van der Waals surface area contributed by atoms with E-state index in [-0.39, 0.29) is 18.0 Å². The van der Waals surface area contributed by atoms with Crippen molar-refractivity contribution < 1.29 is 4.79 Å². The molecule has 0 aliphatic heterocycles. The van der Waals surface area contributed by atoms with E-state index in [4.69, 9.17) is 0 Å². The number of aromatic nitrogens is 3. The van der Waals surface area contributed by atoms with E-state index in [1.165, 1.54) is 25.7 Å². The van der Waals surface area contributed by atoms with Crippen LogP contribution in [0.25, 0.3) is 11.0 Å².